The van der Waals surface area contributed by atoms with Crippen molar-refractivity contribution in [2.45, 2.75) is 39.7 Å². The molecule has 0 aliphatic carbocycles. The van der Waals surface area contributed by atoms with Crippen molar-refractivity contribution < 1.29 is 18.7 Å². The summed E-state index contributed by atoms with van der Waals surface area (Å²) in [5, 5.41) is 1.90. The summed E-state index contributed by atoms with van der Waals surface area (Å²) in [6.45, 7) is 2.36. The Labute approximate surface area is 159 Å². The molecule has 26 heavy (non-hydrogen) atoms. The van der Waals surface area contributed by atoms with Crippen LogP contribution in [0.2, 0.25) is 0 Å². The second-order valence-electron chi connectivity index (χ2n) is 6.43. The summed E-state index contributed by atoms with van der Waals surface area (Å²) in [6.07, 6.45) is 1.85. The lowest BCUT2D eigenvalue weighted by Crippen LogP contribution is -2.42. The molecule has 0 radical (unpaired) electrons. The topological polar surface area (TPSA) is 64.6 Å². The summed E-state index contributed by atoms with van der Waals surface area (Å²) >= 11 is 6.21. The molecule has 2 atom stereocenters. The Bertz CT molecular complexity index is 791. The third kappa shape index (κ3) is 5.31. The molecule has 0 aliphatic heterocycles. The highest BCUT2D eigenvalue weighted by Crippen LogP contribution is 2.53. The number of nitrogens with one attached hydrogen (secondary N) is 1. The van der Waals surface area contributed by atoms with Crippen molar-refractivity contribution in [3.05, 3.63) is 42.5 Å². The largest absolute Gasteiger partial charge is 0.396 e. The fraction of sp³-hybridized carbons (Fsp3) is 0.421. The van der Waals surface area contributed by atoms with Crippen LogP contribution in [0.15, 0.2) is 42.5 Å². The first-order chi connectivity index (χ1) is 12.4. The van der Waals surface area contributed by atoms with Crippen molar-refractivity contribution in [3.8, 4) is 0 Å². The third-order valence-electron chi connectivity index (χ3n) is 3.99. The van der Waals surface area contributed by atoms with Gasteiger partial charge in [-0.25, -0.2) is 4.79 Å². The molecule has 0 aromatic heterocycles. The summed E-state index contributed by atoms with van der Waals surface area (Å²) in [6, 6.07) is 11.9. The van der Waals surface area contributed by atoms with E-state index in [1.807, 2.05) is 45.0 Å². The summed E-state index contributed by atoms with van der Waals surface area (Å²) in [5.74, 6) is -0.809. The van der Waals surface area contributed by atoms with Crippen LogP contribution in [0.4, 0.5) is 0 Å². The van der Waals surface area contributed by atoms with Gasteiger partial charge in [0.2, 0.25) is 0 Å². The number of rotatable bonds is 9. The third-order valence-corrected chi connectivity index (χ3v) is 6.13. The summed E-state index contributed by atoms with van der Waals surface area (Å²) < 4.78 is 18.2. The van der Waals surface area contributed by atoms with Gasteiger partial charge < -0.3 is 9.36 Å². The smallest absolute Gasteiger partial charge is 0.369 e. The number of hydrogen-bond acceptors (Lipinski definition) is 5. The van der Waals surface area contributed by atoms with Crippen LogP contribution in [0.1, 0.15) is 33.6 Å². The number of unbranched alkanes of at least 4 members (excludes halogenated alkanes) is 1. The Hall–Kier alpha value is -1.39. The maximum absolute atomic E-state index is 13.0. The molecular weight excluding hydrogens is 373 g/mol. The van der Waals surface area contributed by atoms with Crippen LogP contribution in [0, 0.1) is 5.92 Å². The lowest BCUT2D eigenvalue weighted by Gasteiger charge is -2.22. The van der Waals surface area contributed by atoms with E-state index in [1.165, 1.54) is 0 Å². The van der Waals surface area contributed by atoms with Gasteiger partial charge in [0.15, 0.2) is 0 Å². The monoisotopic (exact) mass is 397 g/mol. The highest BCUT2D eigenvalue weighted by Gasteiger charge is 2.34. The van der Waals surface area contributed by atoms with Crippen LogP contribution < -0.4 is 10.8 Å². The molecule has 0 saturated heterocycles. The highest BCUT2D eigenvalue weighted by molar-refractivity contribution is 7.92. The average Bonchev–Trinajstić information content (AvgIpc) is 2.60. The van der Waals surface area contributed by atoms with Crippen molar-refractivity contribution in [2.75, 3.05) is 6.61 Å². The van der Waals surface area contributed by atoms with E-state index in [2.05, 4.69) is 5.48 Å². The van der Waals surface area contributed by atoms with Crippen molar-refractivity contribution in [3.63, 3.8) is 0 Å². The van der Waals surface area contributed by atoms with Gasteiger partial charge in [-0.2, -0.15) is 5.48 Å². The second kappa shape index (κ2) is 9.52. The van der Waals surface area contributed by atoms with Crippen LogP contribution in [-0.2, 0) is 18.7 Å². The van der Waals surface area contributed by atoms with E-state index in [0.717, 1.165) is 18.2 Å². The average molecular weight is 398 g/mol. The van der Waals surface area contributed by atoms with Crippen LogP contribution in [0.25, 0.3) is 10.8 Å². The SMILES string of the molecule is CCCCON[C@H](C(=O)OP(=O)(Cl)c1cccc2ccccc12)C(C)C. The molecule has 0 aliphatic rings. The fourth-order valence-electron chi connectivity index (χ4n) is 2.48. The van der Waals surface area contributed by atoms with Gasteiger partial charge in [0.1, 0.15) is 6.04 Å². The lowest BCUT2D eigenvalue weighted by molar-refractivity contribution is -0.142. The Balaban J connectivity index is 2.18. The number of hydrogen-bond donors (Lipinski definition) is 1. The number of halogens is 1. The van der Waals surface area contributed by atoms with E-state index in [0.29, 0.717) is 17.3 Å². The molecule has 0 saturated carbocycles. The highest BCUT2D eigenvalue weighted by atomic mass is 35.7. The zero-order valence-corrected chi connectivity index (χ0v) is 16.9. The van der Waals surface area contributed by atoms with E-state index in [9.17, 15) is 9.36 Å². The Morgan fingerprint density at radius 1 is 1.19 bits per heavy atom. The van der Waals surface area contributed by atoms with E-state index in [4.69, 9.17) is 20.6 Å². The number of benzene rings is 2. The maximum atomic E-state index is 13.0. The van der Waals surface area contributed by atoms with Crippen LogP contribution in [0.3, 0.4) is 0 Å². The molecule has 0 amide bonds. The molecule has 142 valence electrons. The van der Waals surface area contributed by atoms with E-state index >= 15 is 0 Å². The van der Waals surface area contributed by atoms with Crippen molar-refractivity contribution >= 4 is 40.0 Å². The first-order valence-electron chi connectivity index (χ1n) is 8.75. The van der Waals surface area contributed by atoms with Crippen LogP contribution >= 0.6 is 18.0 Å². The van der Waals surface area contributed by atoms with Crippen molar-refractivity contribution in [1.29, 1.82) is 0 Å². The standard InChI is InChI=1S/C19H25ClNO4P/c1-4-5-13-24-21-18(14(2)3)19(22)25-26(20,23)17-12-8-10-15-9-6-7-11-16(15)17/h6-12,14,18,21H,4-5,13H2,1-3H3/t18-,26?/m0/s1. The van der Waals surface area contributed by atoms with Crippen molar-refractivity contribution in [2.24, 2.45) is 5.92 Å². The van der Waals surface area contributed by atoms with Gasteiger partial charge in [0, 0.05) is 0 Å². The normalized spacial score (nSPS) is 15.0. The molecule has 0 fully saturated rings. The second-order valence-corrected chi connectivity index (χ2v) is 9.39. The lowest BCUT2D eigenvalue weighted by atomic mass is 10.1. The molecule has 0 heterocycles. The number of carbonyl (C=O) groups excluding carboxylic acids is 1. The quantitative estimate of drug-likeness (QED) is 0.374. The molecule has 2 aromatic carbocycles. The first-order valence-corrected chi connectivity index (χ1v) is 11.3. The Morgan fingerprint density at radius 3 is 2.58 bits per heavy atom. The molecule has 2 aromatic rings. The summed E-state index contributed by atoms with van der Waals surface area (Å²) in [4.78, 5) is 17.9. The molecule has 1 N–H and O–H groups in total. The van der Waals surface area contributed by atoms with Gasteiger partial charge in [0.25, 0.3) is 0 Å². The zero-order valence-electron chi connectivity index (χ0n) is 15.3. The molecule has 1 unspecified atom stereocenters. The minimum absolute atomic E-state index is 0.117. The number of fused-ring (bicyclic) bond motifs is 1. The van der Waals surface area contributed by atoms with Gasteiger partial charge in [0.05, 0.1) is 11.9 Å². The summed E-state index contributed by atoms with van der Waals surface area (Å²) in [5.41, 5.74) is 2.71. The van der Waals surface area contributed by atoms with Gasteiger partial charge in [-0.3, -0.25) is 4.57 Å². The number of carbonyl (C=O) groups is 1. The zero-order chi connectivity index (χ0) is 19.2. The van der Waals surface area contributed by atoms with Gasteiger partial charge in [-0.05, 0) is 40.4 Å². The molecule has 5 nitrogen and oxygen atoms in total. The predicted octanol–water partition coefficient (Wildman–Crippen LogP) is 4.79. The minimum Gasteiger partial charge on any atom is -0.396 e. The Morgan fingerprint density at radius 2 is 1.88 bits per heavy atom. The molecule has 7 heteroatoms. The van der Waals surface area contributed by atoms with E-state index in [1.54, 1.807) is 18.2 Å². The van der Waals surface area contributed by atoms with E-state index < -0.39 is 18.7 Å². The predicted molar refractivity (Wildman–Crippen MR) is 106 cm³/mol. The molecule has 0 spiro atoms. The van der Waals surface area contributed by atoms with Crippen LogP contribution in [0.5, 0.6) is 0 Å². The molecule has 2 rings (SSSR count). The van der Waals surface area contributed by atoms with Gasteiger partial charge in [-0.1, -0.05) is 63.6 Å². The van der Waals surface area contributed by atoms with Crippen LogP contribution in [-0.4, -0.2) is 18.6 Å². The fourth-order valence-corrected chi connectivity index (χ4v) is 4.33. The summed E-state index contributed by atoms with van der Waals surface area (Å²) in [7, 11) is 0. The Kier molecular flexibility index (Phi) is 7.66. The maximum Gasteiger partial charge on any atom is 0.369 e. The molecular formula is C19H25ClNO4P. The van der Waals surface area contributed by atoms with Gasteiger partial charge in [-0.15, -0.1) is 0 Å². The van der Waals surface area contributed by atoms with Crippen molar-refractivity contribution in [1.82, 2.24) is 5.48 Å². The van der Waals surface area contributed by atoms with E-state index in [-0.39, 0.29) is 5.92 Å². The minimum atomic E-state index is -3.86. The van der Waals surface area contributed by atoms with Gasteiger partial charge >= 0.3 is 12.7 Å². The first kappa shape index (κ1) is 20.9. The molecule has 0 bridgehead atoms. The number of hydroxylamine groups is 1.